The first-order valence-electron chi connectivity index (χ1n) is 7.57. The summed E-state index contributed by atoms with van der Waals surface area (Å²) in [7, 11) is 0. The fourth-order valence-electron chi connectivity index (χ4n) is 2.97. The van der Waals surface area contributed by atoms with Crippen molar-refractivity contribution in [1.29, 1.82) is 0 Å². The van der Waals surface area contributed by atoms with Crippen LogP contribution in [0.5, 0.6) is 5.75 Å². The second-order valence-corrected chi connectivity index (χ2v) is 5.84. The number of nitrogens with zero attached hydrogens (tertiary/aromatic N) is 1. The third-order valence-corrected chi connectivity index (χ3v) is 4.20. The van der Waals surface area contributed by atoms with Crippen molar-refractivity contribution in [2.24, 2.45) is 0 Å². The van der Waals surface area contributed by atoms with E-state index in [4.69, 9.17) is 4.42 Å². The molecular weight excluding hydrogens is 318 g/mol. The summed E-state index contributed by atoms with van der Waals surface area (Å²) in [5, 5.41) is 10.2. The van der Waals surface area contributed by atoms with Gasteiger partial charge in [0.1, 0.15) is 16.9 Å². The highest BCUT2D eigenvalue weighted by Gasteiger charge is 2.18. The number of likely N-dealkylation sites (tertiary alicyclic amines) is 1. The zero-order chi connectivity index (χ0) is 15.7. The fraction of sp³-hybridized carbons (Fsp3) is 0.412. The van der Waals surface area contributed by atoms with Gasteiger partial charge in [-0.3, -0.25) is 4.79 Å². The summed E-state index contributed by atoms with van der Waals surface area (Å²) in [4.78, 5) is 26.6. The molecule has 2 heterocycles. The quantitative estimate of drug-likeness (QED) is 0.686. The van der Waals surface area contributed by atoms with Gasteiger partial charge in [-0.1, -0.05) is 0 Å². The van der Waals surface area contributed by atoms with Gasteiger partial charge in [-0.2, -0.15) is 0 Å². The number of phenols is 1. The lowest BCUT2D eigenvalue weighted by Gasteiger charge is -2.13. The second-order valence-electron chi connectivity index (χ2n) is 5.84. The molecule has 23 heavy (non-hydrogen) atoms. The molecule has 0 atom stereocenters. The Morgan fingerprint density at radius 2 is 1.96 bits per heavy atom. The summed E-state index contributed by atoms with van der Waals surface area (Å²) >= 11 is 0. The highest BCUT2D eigenvalue weighted by molar-refractivity contribution is 5.98. The van der Waals surface area contributed by atoms with Crippen LogP contribution in [0.4, 0.5) is 0 Å². The number of aryl methyl sites for hydroxylation is 1. The van der Waals surface area contributed by atoms with E-state index in [2.05, 4.69) is 4.90 Å². The normalized spacial score (nSPS) is 14.8. The van der Waals surface area contributed by atoms with Gasteiger partial charge in [0.15, 0.2) is 5.78 Å². The first kappa shape index (κ1) is 17.5. The Morgan fingerprint density at radius 1 is 1.26 bits per heavy atom. The number of hydrogen-bond donors (Lipinski definition) is 1. The molecule has 0 amide bonds. The molecule has 1 saturated heterocycles. The Balaban J connectivity index is 0.00000192. The minimum absolute atomic E-state index is 0. The highest BCUT2D eigenvalue weighted by atomic mass is 35.5. The molecule has 1 aromatic heterocycles. The van der Waals surface area contributed by atoms with Crippen molar-refractivity contribution in [2.75, 3.05) is 19.6 Å². The number of ketones is 1. The van der Waals surface area contributed by atoms with Crippen molar-refractivity contribution < 1.29 is 14.3 Å². The van der Waals surface area contributed by atoms with Crippen LogP contribution in [-0.4, -0.2) is 35.4 Å². The topological polar surface area (TPSA) is 70.8 Å². The summed E-state index contributed by atoms with van der Waals surface area (Å²) in [5.41, 5.74) is 0.537. The molecule has 1 aliphatic rings. The lowest BCUT2D eigenvalue weighted by atomic mass is 10.0. The first-order chi connectivity index (χ1) is 10.5. The first-order valence-corrected chi connectivity index (χ1v) is 7.57. The van der Waals surface area contributed by atoms with Crippen molar-refractivity contribution >= 4 is 29.2 Å². The minimum Gasteiger partial charge on any atom is -0.508 e. The number of aromatic hydroxyl groups is 1. The van der Waals surface area contributed by atoms with Crippen LogP contribution in [-0.2, 0) is 0 Å². The molecular formula is C17H20ClNO4. The number of Topliss-reactive ketones (excluding diaryl/α,β-unsaturated/α-hetero) is 1. The van der Waals surface area contributed by atoms with Crippen LogP contribution in [0.15, 0.2) is 27.4 Å². The molecule has 0 spiro atoms. The minimum atomic E-state index is -0.635. The van der Waals surface area contributed by atoms with Gasteiger partial charge in [0.2, 0.25) is 0 Å². The number of carbonyl (C=O) groups is 1. The zero-order valence-electron chi connectivity index (χ0n) is 13.0. The van der Waals surface area contributed by atoms with E-state index < -0.39 is 5.63 Å². The number of rotatable bonds is 4. The number of phenolic OH excluding ortho intramolecular Hbond substituents is 1. The Hall–Kier alpha value is -1.85. The van der Waals surface area contributed by atoms with Crippen LogP contribution < -0.4 is 5.63 Å². The van der Waals surface area contributed by atoms with Crippen LogP contribution >= 0.6 is 12.4 Å². The number of benzene rings is 1. The molecule has 2 aromatic rings. The SMILES string of the molecule is Cc1cc(O)cc2oc(=O)c(C(=O)CCN3CCCC3)cc12.Cl. The molecule has 6 heteroatoms. The maximum Gasteiger partial charge on any atom is 0.347 e. The lowest BCUT2D eigenvalue weighted by molar-refractivity contribution is 0.0965. The zero-order valence-corrected chi connectivity index (χ0v) is 13.8. The summed E-state index contributed by atoms with van der Waals surface area (Å²) in [6.45, 7) is 4.54. The standard InChI is InChI=1S/C17H19NO4.ClH/c1-11-8-12(19)9-16-13(11)10-14(17(21)22-16)15(20)4-7-18-5-2-3-6-18;/h8-10,19H,2-7H2,1H3;1H. The predicted octanol–water partition coefficient (Wildman–Crippen LogP) is 2.90. The van der Waals surface area contributed by atoms with Crippen LogP contribution in [0, 0.1) is 6.92 Å². The Morgan fingerprint density at radius 3 is 2.65 bits per heavy atom. The summed E-state index contributed by atoms with van der Waals surface area (Å²) < 4.78 is 5.20. The average molecular weight is 338 g/mol. The van der Waals surface area contributed by atoms with Crippen LogP contribution in [0.2, 0.25) is 0 Å². The second kappa shape index (κ2) is 7.15. The van der Waals surface area contributed by atoms with Gasteiger partial charge in [-0.05, 0) is 50.6 Å². The van der Waals surface area contributed by atoms with Crippen molar-refractivity contribution in [2.45, 2.75) is 26.2 Å². The molecule has 1 fully saturated rings. The number of halogens is 1. The van der Waals surface area contributed by atoms with E-state index in [1.54, 1.807) is 19.1 Å². The Bertz CT molecular complexity index is 778. The van der Waals surface area contributed by atoms with Gasteiger partial charge in [-0.15, -0.1) is 12.4 Å². The molecule has 0 bridgehead atoms. The molecule has 0 unspecified atom stereocenters. The monoisotopic (exact) mass is 337 g/mol. The number of carbonyl (C=O) groups excluding carboxylic acids is 1. The average Bonchev–Trinajstić information content (AvgIpc) is 2.97. The van der Waals surface area contributed by atoms with Crippen LogP contribution in [0.1, 0.15) is 35.2 Å². The Labute approximate surface area is 140 Å². The maximum absolute atomic E-state index is 12.3. The van der Waals surface area contributed by atoms with E-state index in [0.29, 0.717) is 23.9 Å². The third kappa shape index (κ3) is 3.74. The van der Waals surface area contributed by atoms with Gasteiger partial charge in [-0.25, -0.2) is 4.79 Å². The molecule has 1 aromatic carbocycles. The van der Waals surface area contributed by atoms with E-state index >= 15 is 0 Å². The summed E-state index contributed by atoms with van der Waals surface area (Å²) in [5.74, 6) is -0.142. The molecule has 1 N–H and O–H groups in total. The van der Waals surface area contributed by atoms with E-state index in [0.717, 1.165) is 18.7 Å². The van der Waals surface area contributed by atoms with Crippen LogP contribution in [0.25, 0.3) is 11.0 Å². The van der Waals surface area contributed by atoms with Gasteiger partial charge in [0, 0.05) is 24.4 Å². The maximum atomic E-state index is 12.3. The van der Waals surface area contributed by atoms with E-state index in [1.165, 1.54) is 18.9 Å². The van der Waals surface area contributed by atoms with Gasteiger partial charge in [0.05, 0.1) is 0 Å². The fourth-order valence-corrected chi connectivity index (χ4v) is 2.97. The van der Waals surface area contributed by atoms with Crippen molar-refractivity contribution in [3.05, 3.63) is 39.7 Å². The molecule has 0 aliphatic carbocycles. The van der Waals surface area contributed by atoms with Crippen molar-refractivity contribution in [3.63, 3.8) is 0 Å². The van der Waals surface area contributed by atoms with Crippen molar-refractivity contribution in [3.8, 4) is 5.75 Å². The van der Waals surface area contributed by atoms with E-state index in [1.807, 2.05) is 0 Å². The van der Waals surface area contributed by atoms with E-state index in [9.17, 15) is 14.7 Å². The Kier molecular flexibility index (Phi) is 5.44. The predicted molar refractivity (Wildman–Crippen MR) is 90.8 cm³/mol. The third-order valence-electron chi connectivity index (χ3n) is 4.20. The smallest absolute Gasteiger partial charge is 0.347 e. The van der Waals surface area contributed by atoms with Crippen LogP contribution in [0.3, 0.4) is 0 Å². The number of hydrogen-bond acceptors (Lipinski definition) is 5. The van der Waals surface area contributed by atoms with Gasteiger partial charge >= 0.3 is 5.63 Å². The van der Waals surface area contributed by atoms with Gasteiger partial charge < -0.3 is 14.4 Å². The molecule has 5 nitrogen and oxygen atoms in total. The largest absolute Gasteiger partial charge is 0.508 e. The highest BCUT2D eigenvalue weighted by Crippen LogP contribution is 2.24. The number of fused-ring (bicyclic) bond motifs is 1. The molecule has 0 saturated carbocycles. The molecule has 0 radical (unpaired) electrons. The lowest BCUT2D eigenvalue weighted by Crippen LogP contribution is -2.24. The summed E-state index contributed by atoms with van der Waals surface area (Å²) in [6.07, 6.45) is 2.68. The molecule has 1 aliphatic heterocycles. The van der Waals surface area contributed by atoms with Gasteiger partial charge in [0.25, 0.3) is 0 Å². The summed E-state index contributed by atoms with van der Waals surface area (Å²) in [6, 6.07) is 4.56. The molecule has 3 rings (SSSR count). The van der Waals surface area contributed by atoms with Crippen molar-refractivity contribution in [1.82, 2.24) is 4.90 Å². The molecule has 124 valence electrons. The van der Waals surface area contributed by atoms with E-state index in [-0.39, 0.29) is 29.5 Å².